The zero-order valence-electron chi connectivity index (χ0n) is 10.8. The van der Waals surface area contributed by atoms with Crippen LogP contribution in [0, 0.1) is 0 Å². The Morgan fingerprint density at radius 2 is 1.95 bits per heavy atom. The molecule has 0 saturated heterocycles. The average molecular weight is 282 g/mol. The molecule has 0 amide bonds. The van der Waals surface area contributed by atoms with E-state index >= 15 is 0 Å². The summed E-state index contributed by atoms with van der Waals surface area (Å²) in [7, 11) is 0. The van der Waals surface area contributed by atoms with Crippen LogP contribution in [0.15, 0.2) is 24.5 Å². The van der Waals surface area contributed by atoms with Crippen molar-refractivity contribution in [1.82, 2.24) is 50.6 Å². The van der Waals surface area contributed by atoms with Crippen molar-refractivity contribution in [3.63, 3.8) is 0 Å². The van der Waals surface area contributed by atoms with E-state index in [1.165, 1.54) is 0 Å². The molecule has 0 aliphatic rings. The molecule has 2 N–H and O–H groups in total. The largest absolute Gasteiger partial charge is 0.306 e. The van der Waals surface area contributed by atoms with Crippen LogP contribution in [-0.2, 0) is 12.8 Å². The number of fused-ring (bicyclic) bond motifs is 1. The van der Waals surface area contributed by atoms with Gasteiger partial charge in [0.05, 0.1) is 0 Å². The maximum atomic E-state index is 4.57. The summed E-state index contributed by atoms with van der Waals surface area (Å²) in [4.78, 5) is 4.57. The highest BCUT2D eigenvalue weighted by molar-refractivity contribution is 5.58. The van der Waals surface area contributed by atoms with Gasteiger partial charge in [0.15, 0.2) is 5.82 Å². The fourth-order valence-electron chi connectivity index (χ4n) is 2.18. The molecule has 0 bridgehead atoms. The lowest BCUT2D eigenvalue weighted by molar-refractivity contribution is 0.862. The fourth-order valence-corrected chi connectivity index (χ4v) is 2.18. The smallest absolute Gasteiger partial charge is 0.224 e. The number of aryl methyl sites for hydroxylation is 2. The Hall–Kier alpha value is -3.17. The molecule has 0 spiro atoms. The Balaban J connectivity index is 1.69. The maximum absolute atomic E-state index is 4.57. The molecular formula is C11H10N10. The van der Waals surface area contributed by atoms with E-state index in [9.17, 15) is 0 Å². The number of nitrogens with one attached hydrogen (secondary N) is 2. The second-order valence-corrected chi connectivity index (χ2v) is 4.45. The third-order valence-electron chi connectivity index (χ3n) is 3.15. The molecule has 4 aromatic rings. The summed E-state index contributed by atoms with van der Waals surface area (Å²) >= 11 is 0. The number of imidazole rings is 1. The average Bonchev–Trinajstić information content (AvgIpc) is 3.23. The summed E-state index contributed by atoms with van der Waals surface area (Å²) < 4.78 is 1.94. The molecule has 0 atom stereocenters. The minimum absolute atomic E-state index is 0.475. The summed E-state index contributed by atoms with van der Waals surface area (Å²) in [6.07, 6.45) is 5.27. The monoisotopic (exact) mass is 282 g/mol. The van der Waals surface area contributed by atoms with Crippen LogP contribution >= 0.6 is 0 Å². The zero-order valence-corrected chi connectivity index (χ0v) is 10.8. The number of H-pyrrole nitrogens is 2. The molecule has 0 saturated carbocycles. The van der Waals surface area contributed by atoms with E-state index in [1.54, 1.807) is 0 Å². The first-order chi connectivity index (χ1) is 10.4. The van der Waals surface area contributed by atoms with E-state index in [1.807, 2.05) is 28.9 Å². The second-order valence-electron chi connectivity index (χ2n) is 4.45. The SMILES string of the molecule is c1cc(CCc2nn[nH]n2)c2nc(-c3nn[nH]n3)cn2c1. The van der Waals surface area contributed by atoms with Gasteiger partial charge in [-0.25, -0.2) is 4.98 Å². The molecule has 0 aliphatic heterocycles. The summed E-state index contributed by atoms with van der Waals surface area (Å²) in [6, 6.07) is 4.00. The van der Waals surface area contributed by atoms with Gasteiger partial charge in [-0.15, -0.1) is 20.4 Å². The van der Waals surface area contributed by atoms with E-state index < -0.39 is 0 Å². The van der Waals surface area contributed by atoms with Crippen molar-refractivity contribution in [2.24, 2.45) is 0 Å². The van der Waals surface area contributed by atoms with Crippen molar-refractivity contribution in [3.05, 3.63) is 35.9 Å². The highest BCUT2D eigenvalue weighted by Gasteiger charge is 2.11. The second kappa shape index (κ2) is 4.74. The van der Waals surface area contributed by atoms with E-state index in [2.05, 4.69) is 46.2 Å². The van der Waals surface area contributed by atoms with Crippen LogP contribution in [0.5, 0.6) is 0 Å². The van der Waals surface area contributed by atoms with Gasteiger partial charge in [0.25, 0.3) is 0 Å². The van der Waals surface area contributed by atoms with Gasteiger partial charge in [0.2, 0.25) is 5.82 Å². The first-order valence-corrected chi connectivity index (χ1v) is 6.33. The number of tetrazole rings is 2. The Morgan fingerprint density at radius 3 is 2.76 bits per heavy atom. The highest BCUT2D eigenvalue weighted by atomic mass is 15.5. The topological polar surface area (TPSA) is 126 Å². The Morgan fingerprint density at radius 1 is 1.05 bits per heavy atom. The zero-order chi connectivity index (χ0) is 14.1. The normalized spacial score (nSPS) is 11.2. The van der Waals surface area contributed by atoms with Crippen LogP contribution in [0.1, 0.15) is 11.4 Å². The number of pyridine rings is 1. The molecule has 0 fully saturated rings. The molecule has 0 aromatic carbocycles. The molecule has 4 rings (SSSR count). The third-order valence-corrected chi connectivity index (χ3v) is 3.15. The van der Waals surface area contributed by atoms with Crippen molar-refractivity contribution in [1.29, 1.82) is 0 Å². The summed E-state index contributed by atoms with van der Waals surface area (Å²) in [5.74, 6) is 1.16. The van der Waals surface area contributed by atoms with Gasteiger partial charge in [0, 0.05) is 18.8 Å². The van der Waals surface area contributed by atoms with Gasteiger partial charge in [-0.3, -0.25) is 0 Å². The van der Waals surface area contributed by atoms with Gasteiger partial charge in [0.1, 0.15) is 11.3 Å². The van der Waals surface area contributed by atoms with Crippen molar-refractivity contribution in [2.75, 3.05) is 0 Å². The van der Waals surface area contributed by atoms with Crippen LogP contribution in [-0.4, -0.2) is 50.6 Å². The van der Waals surface area contributed by atoms with Crippen LogP contribution in [0.25, 0.3) is 17.2 Å². The van der Waals surface area contributed by atoms with E-state index in [-0.39, 0.29) is 0 Å². The predicted molar refractivity (Wildman–Crippen MR) is 69.9 cm³/mol. The Kier molecular flexibility index (Phi) is 2.63. The lowest BCUT2D eigenvalue weighted by Crippen LogP contribution is -1.97. The first-order valence-electron chi connectivity index (χ1n) is 6.33. The van der Waals surface area contributed by atoms with Crippen molar-refractivity contribution in [3.8, 4) is 11.5 Å². The molecular weight excluding hydrogens is 272 g/mol. The van der Waals surface area contributed by atoms with Crippen LogP contribution in [0.3, 0.4) is 0 Å². The van der Waals surface area contributed by atoms with Crippen molar-refractivity contribution >= 4 is 5.65 Å². The van der Waals surface area contributed by atoms with Crippen LogP contribution < -0.4 is 0 Å². The highest BCUT2D eigenvalue weighted by Crippen LogP contribution is 2.17. The number of rotatable bonds is 4. The number of aromatic amines is 2. The van der Waals surface area contributed by atoms with Crippen LogP contribution in [0.2, 0.25) is 0 Å². The molecule has 21 heavy (non-hydrogen) atoms. The van der Waals surface area contributed by atoms with E-state index in [0.29, 0.717) is 23.8 Å². The fraction of sp³-hybridized carbons (Fsp3) is 0.182. The lowest BCUT2D eigenvalue weighted by atomic mass is 10.1. The number of hydrogen-bond acceptors (Lipinski definition) is 7. The Bertz CT molecular complexity index is 845. The minimum atomic E-state index is 0.475. The molecule has 10 nitrogen and oxygen atoms in total. The third kappa shape index (κ3) is 2.12. The van der Waals surface area contributed by atoms with Crippen LogP contribution in [0.4, 0.5) is 0 Å². The molecule has 0 unspecified atom stereocenters. The molecule has 4 aromatic heterocycles. The standard InChI is InChI=1S/C11H10N10/c1-2-7(3-4-9-13-17-18-14-9)11-12-8(6-21(11)5-1)10-15-19-20-16-10/h1-2,5-6H,3-4H2,(H,13,14,17,18)(H,15,16,19,20). The number of hydrogen-bond donors (Lipinski definition) is 2. The number of aromatic nitrogens is 10. The first kappa shape index (κ1) is 11.6. The van der Waals surface area contributed by atoms with Gasteiger partial charge >= 0.3 is 0 Å². The molecule has 0 radical (unpaired) electrons. The van der Waals surface area contributed by atoms with E-state index in [0.717, 1.165) is 17.6 Å². The van der Waals surface area contributed by atoms with Crippen molar-refractivity contribution in [2.45, 2.75) is 12.8 Å². The molecule has 0 aliphatic carbocycles. The number of nitrogens with zero attached hydrogens (tertiary/aromatic N) is 8. The lowest BCUT2D eigenvalue weighted by Gasteiger charge is -2.01. The molecule has 4 heterocycles. The van der Waals surface area contributed by atoms with Crippen molar-refractivity contribution < 1.29 is 0 Å². The molecule has 10 heteroatoms. The van der Waals surface area contributed by atoms with Gasteiger partial charge < -0.3 is 4.40 Å². The molecule has 104 valence electrons. The quantitative estimate of drug-likeness (QED) is 0.531. The summed E-state index contributed by atoms with van der Waals surface area (Å²) in [6.45, 7) is 0. The predicted octanol–water partition coefficient (Wildman–Crippen LogP) is -0.187. The van der Waals surface area contributed by atoms with E-state index in [4.69, 9.17) is 0 Å². The minimum Gasteiger partial charge on any atom is -0.306 e. The van der Waals surface area contributed by atoms with Gasteiger partial charge in [-0.05, 0) is 23.3 Å². The maximum Gasteiger partial charge on any atom is 0.224 e. The Labute approximate surface area is 117 Å². The summed E-state index contributed by atoms with van der Waals surface area (Å²) in [5, 5.41) is 27.8. The van der Waals surface area contributed by atoms with Gasteiger partial charge in [-0.1, -0.05) is 11.3 Å². The summed E-state index contributed by atoms with van der Waals surface area (Å²) in [5.41, 5.74) is 2.63. The van der Waals surface area contributed by atoms with Gasteiger partial charge in [-0.2, -0.15) is 10.4 Å².